The first kappa shape index (κ1) is 15.8. The van der Waals surface area contributed by atoms with Crippen molar-refractivity contribution in [2.45, 2.75) is 37.6 Å². The largest absolute Gasteiger partial charge is 0.211 e. The van der Waals surface area contributed by atoms with Crippen LogP contribution in [0.25, 0.3) is 10.2 Å². The molecule has 2 aromatic heterocycles. The standard InChI is InChI=1S/C17H17ClN2S2/c1-3-6-13-9-14-15(18)19-17(20-16(14)22-13)21-10-12-8-5-4-7-11(12)2/h4-5,7-9H,3,6,10H2,1-2H3. The maximum Gasteiger partial charge on any atom is 0.190 e. The SMILES string of the molecule is CCCc1cc2c(Cl)nc(SCc3ccccc3C)nc2s1. The number of nitrogens with zero attached hydrogens (tertiary/aromatic N) is 2. The van der Waals surface area contributed by atoms with Gasteiger partial charge in [-0.2, -0.15) is 0 Å². The van der Waals surface area contributed by atoms with Crippen LogP contribution in [0.1, 0.15) is 29.3 Å². The Kier molecular flexibility index (Phi) is 5.01. The van der Waals surface area contributed by atoms with Crippen LogP contribution < -0.4 is 0 Å². The van der Waals surface area contributed by atoms with E-state index in [9.17, 15) is 0 Å². The van der Waals surface area contributed by atoms with Crippen molar-refractivity contribution in [1.29, 1.82) is 0 Å². The molecule has 0 spiro atoms. The average Bonchev–Trinajstić information content (AvgIpc) is 2.90. The highest BCUT2D eigenvalue weighted by Gasteiger charge is 2.11. The molecule has 0 fully saturated rings. The van der Waals surface area contributed by atoms with E-state index in [2.05, 4.69) is 54.1 Å². The van der Waals surface area contributed by atoms with E-state index < -0.39 is 0 Å². The fourth-order valence-corrected chi connectivity index (χ4v) is 4.70. The molecular formula is C17H17ClN2S2. The van der Waals surface area contributed by atoms with Gasteiger partial charge in [0.05, 0.1) is 0 Å². The molecule has 0 saturated heterocycles. The zero-order valence-electron chi connectivity index (χ0n) is 12.6. The predicted molar refractivity (Wildman–Crippen MR) is 97.2 cm³/mol. The van der Waals surface area contributed by atoms with E-state index >= 15 is 0 Å². The van der Waals surface area contributed by atoms with Gasteiger partial charge in [0.2, 0.25) is 0 Å². The highest BCUT2D eigenvalue weighted by atomic mass is 35.5. The summed E-state index contributed by atoms with van der Waals surface area (Å²) in [4.78, 5) is 11.4. The molecule has 3 rings (SSSR count). The predicted octanol–water partition coefficient (Wildman–Crippen LogP) is 5.90. The first-order chi connectivity index (χ1) is 10.7. The summed E-state index contributed by atoms with van der Waals surface area (Å²) >= 11 is 9.70. The molecule has 2 nitrogen and oxygen atoms in total. The van der Waals surface area contributed by atoms with Crippen LogP contribution in [-0.4, -0.2) is 9.97 Å². The second-order valence-electron chi connectivity index (χ2n) is 5.19. The molecule has 0 atom stereocenters. The molecule has 1 aromatic carbocycles. The van der Waals surface area contributed by atoms with Crippen molar-refractivity contribution in [1.82, 2.24) is 9.97 Å². The highest BCUT2D eigenvalue weighted by Crippen LogP contribution is 2.32. The Hall–Kier alpha value is -1.10. The van der Waals surface area contributed by atoms with Gasteiger partial charge in [-0.15, -0.1) is 11.3 Å². The number of fused-ring (bicyclic) bond motifs is 1. The molecule has 0 aliphatic carbocycles. The van der Waals surface area contributed by atoms with E-state index in [0.29, 0.717) is 5.15 Å². The summed E-state index contributed by atoms with van der Waals surface area (Å²) in [6, 6.07) is 10.5. The summed E-state index contributed by atoms with van der Waals surface area (Å²) in [5.74, 6) is 0.863. The third-order valence-corrected chi connectivity index (χ3v) is 5.76. The van der Waals surface area contributed by atoms with Crippen LogP contribution in [0, 0.1) is 6.92 Å². The lowest BCUT2D eigenvalue weighted by atomic mass is 10.1. The Morgan fingerprint density at radius 2 is 2.05 bits per heavy atom. The molecule has 3 aromatic rings. The van der Waals surface area contributed by atoms with Crippen LogP contribution >= 0.6 is 34.7 Å². The van der Waals surface area contributed by atoms with E-state index in [1.54, 1.807) is 23.1 Å². The molecule has 5 heteroatoms. The van der Waals surface area contributed by atoms with Gasteiger partial charge >= 0.3 is 0 Å². The Morgan fingerprint density at radius 1 is 1.23 bits per heavy atom. The van der Waals surface area contributed by atoms with Crippen LogP contribution in [0.4, 0.5) is 0 Å². The third-order valence-electron chi connectivity index (χ3n) is 3.49. The van der Waals surface area contributed by atoms with Gasteiger partial charge in [0.15, 0.2) is 5.16 Å². The van der Waals surface area contributed by atoms with Crippen LogP contribution in [0.2, 0.25) is 5.15 Å². The Morgan fingerprint density at radius 3 is 2.82 bits per heavy atom. The smallest absolute Gasteiger partial charge is 0.190 e. The van der Waals surface area contributed by atoms with Crippen molar-refractivity contribution in [3.63, 3.8) is 0 Å². The first-order valence-electron chi connectivity index (χ1n) is 7.30. The molecule has 0 aliphatic heterocycles. The number of hydrogen-bond donors (Lipinski definition) is 0. The lowest BCUT2D eigenvalue weighted by Gasteiger charge is -2.04. The minimum atomic E-state index is 0.566. The molecule has 0 amide bonds. The van der Waals surface area contributed by atoms with Crippen molar-refractivity contribution in [2.75, 3.05) is 0 Å². The molecule has 0 bridgehead atoms. The second-order valence-corrected chi connectivity index (χ2v) is 7.61. The van der Waals surface area contributed by atoms with E-state index in [0.717, 1.165) is 34.0 Å². The van der Waals surface area contributed by atoms with E-state index in [-0.39, 0.29) is 0 Å². The van der Waals surface area contributed by atoms with Crippen molar-refractivity contribution < 1.29 is 0 Å². The number of thioether (sulfide) groups is 1. The summed E-state index contributed by atoms with van der Waals surface area (Å²) in [6.45, 7) is 4.31. The van der Waals surface area contributed by atoms with Gasteiger partial charge in [-0.1, -0.05) is 61.0 Å². The topological polar surface area (TPSA) is 25.8 Å². The summed E-state index contributed by atoms with van der Waals surface area (Å²) in [5, 5.41) is 2.30. The maximum atomic E-state index is 6.33. The molecule has 0 unspecified atom stereocenters. The monoisotopic (exact) mass is 348 g/mol. The van der Waals surface area contributed by atoms with Gasteiger partial charge in [0.25, 0.3) is 0 Å². The number of benzene rings is 1. The van der Waals surface area contributed by atoms with E-state index in [1.807, 2.05) is 0 Å². The van der Waals surface area contributed by atoms with Gasteiger partial charge in [-0.25, -0.2) is 9.97 Å². The van der Waals surface area contributed by atoms with Gasteiger partial charge in [0.1, 0.15) is 9.98 Å². The molecule has 0 saturated carbocycles. The first-order valence-corrected chi connectivity index (χ1v) is 9.48. The molecule has 0 aliphatic rings. The van der Waals surface area contributed by atoms with Crippen molar-refractivity contribution >= 4 is 44.9 Å². The molecule has 114 valence electrons. The second kappa shape index (κ2) is 6.99. The molecule has 2 heterocycles. The zero-order valence-corrected chi connectivity index (χ0v) is 15.0. The molecule has 0 radical (unpaired) electrons. The Labute approximate surface area is 144 Å². The van der Waals surface area contributed by atoms with Crippen LogP contribution in [0.5, 0.6) is 0 Å². The average molecular weight is 349 g/mol. The van der Waals surface area contributed by atoms with Crippen LogP contribution in [0.3, 0.4) is 0 Å². The van der Waals surface area contributed by atoms with E-state index in [1.165, 1.54) is 16.0 Å². The van der Waals surface area contributed by atoms with Crippen molar-refractivity contribution in [3.05, 3.63) is 51.5 Å². The summed E-state index contributed by atoms with van der Waals surface area (Å²) < 4.78 is 0. The summed E-state index contributed by atoms with van der Waals surface area (Å²) in [5.41, 5.74) is 2.61. The van der Waals surface area contributed by atoms with Crippen LogP contribution in [0.15, 0.2) is 35.5 Å². The number of halogens is 1. The summed E-state index contributed by atoms with van der Waals surface area (Å²) in [6.07, 6.45) is 2.20. The van der Waals surface area contributed by atoms with Gasteiger partial charge in [-0.05, 0) is 30.5 Å². The lowest BCUT2D eigenvalue weighted by molar-refractivity contribution is 0.940. The number of hydrogen-bond acceptors (Lipinski definition) is 4. The van der Waals surface area contributed by atoms with Crippen LogP contribution in [-0.2, 0) is 12.2 Å². The van der Waals surface area contributed by atoms with Crippen molar-refractivity contribution in [2.24, 2.45) is 0 Å². The molecule has 0 N–H and O–H groups in total. The fourth-order valence-electron chi connectivity index (χ4n) is 2.27. The van der Waals surface area contributed by atoms with Gasteiger partial charge < -0.3 is 0 Å². The number of thiophene rings is 1. The minimum absolute atomic E-state index is 0.566. The summed E-state index contributed by atoms with van der Waals surface area (Å²) in [7, 11) is 0. The Balaban J connectivity index is 1.83. The van der Waals surface area contributed by atoms with Gasteiger partial charge in [-0.3, -0.25) is 0 Å². The van der Waals surface area contributed by atoms with E-state index in [4.69, 9.17) is 11.6 Å². The quantitative estimate of drug-likeness (QED) is 0.326. The Bertz CT molecular complexity index is 798. The number of rotatable bonds is 5. The maximum absolute atomic E-state index is 6.33. The lowest BCUT2D eigenvalue weighted by Crippen LogP contribution is -1.90. The van der Waals surface area contributed by atoms with Gasteiger partial charge in [0, 0.05) is 16.0 Å². The third kappa shape index (κ3) is 3.45. The zero-order chi connectivity index (χ0) is 15.5. The highest BCUT2D eigenvalue weighted by molar-refractivity contribution is 7.98. The fraction of sp³-hybridized carbons (Fsp3) is 0.294. The minimum Gasteiger partial charge on any atom is -0.211 e. The number of aryl methyl sites for hydroxylation is 2. The normalized spacial score (nSPS) is 11.2. The molecule has 22 heavy (non-hydrogen) atoms. The van der Waals surface area contributed by atoms with Crippen molar-refractivity contribution in [3.8, 4) is 0 Å². The number of aromatic nitrogens is 2. The molecular weight excluding hydrogens is 332 g/mol.